The third kappa shape index (κ3) is 3.89. The molecule has 0 aromatic carbocycles. The first kappa shape index (κ1) is 15.9. The van der Waals surface area contributed by atoms with E-state index in [0.29, 0.717) is 18.8 Å². The molecule has 7 heteroatoms. The van der Waals surface area contributed by atoms with Gasteiger partial charge in [-0.1, -0.05) is 0 Å². The van der Waals surface area contributed by atoms with Gasteiger partial charge >= 0.3 is 0 Å². The van der Waals surface area contributed by atoms with Crippen LogP contribution >= 0.6 is 0 Å². The number of aromatic nitrogens is 1. The Bertz CT molecular complexity index is 485. The van der Waals surface area contributed by atoms with Gasteiger partial charge in [0.2, 0.25) is 10.0 Å². The average Bonchev–Trinajstić information content (AvgIpc) is 2.38. The Morgan fingerprint density at radius 2 is 2.11 bits per heavy atom. The number of pyridine rings is 1. The molecule has 1 aromatic heterocycles. The lowest BCUT2D eigenvalue weighted by molar-refractivity contribution is 0.258. The monoisotopic (exact) mass is 287 g/mol. The van der Waals surface area contributed by atoms with E-state index in [0.717, 1.165) is 0 Å². The van der Waals surface area contributed by atoms with Gasteiger partial charge < -0.3 is 10.4 Å². The Morgan fingerprint density at radius 3 is 2.53 bits per heavy atom. The van der Waals surface area contributed by atoms with Gasteiger partial charge in [0.1, 0.15) is 10.7 Å². The molecule has 0 amide bonds. The highest BCUT2D eigenvalue weighted by molar-refractivity contribution is 7.89. The maximum absolute atomic E-state index is 12.5. The van der Waals surface area contributed by atoms with E-state index >= 15 is 0 Å². The topological polar surface area (TPSA) is 82.5 Å². The van der Waals surface area contributed by atoms with Crippen molar-refractivity contribution in [1.82, 2.24) is 9.29 Å². The summed E-state index contributed by atoms with van der Waals surface area (Å²) < 4.78 is 26.3. The fraction of sp³-hybridized carbons (Fsp3) is 0.583. The molecule has 0 spiro atoms. The Kier molecular flexibility index (Phi) is 5.71. The van der Waals surface area contributed by atoms with Gasteiger partial charge in [0.25, 0.3) is 0 Å². The minimum atomic E-state index is -3.57. The molecule has 0 saturated carbocycles. The van der Waals surface area contributed by atoms with Crippen molar-refractivity contribution in [1.29, 1.82) is 0 Å². The van der Waals surface area contributed by atoms with Gasteiger partial charge in [-0.05, 0) is 32.4 Å². The van der Waals surface area contributed by atoms with Crippen molar-refractivity contribution >= 4 is 15.8 Å². The quantitative estimate of drug-likeness (QED) is 0.779. The van der Waals surface area contributed by atoms with Crippen LogP contribution in [0.2, 0.25) is 0 Å². The van der Waals surface area contributed by atoms with E-state index in [1.165, 1.54) is 16.6 Å². The third-order valence-corrected chi connectivity index (χ3v) is 4.77. The van der Waals surface area contributed by atoms with E-state index in [2.05, 4.69) is 10.3 Å². The Morgan fingerprint density at radius 1 is 1.42 bits per heavy atom. The molecule has 0 atom stereocenters. The van der Waals surface area contributed by atoms with Gasteiger partial charge in [-0.25, -0.2) is 13.4 Å². The van der Waals surface area contributed by atoms with Crippen LogP contribution in [0.1, 0.15) is 20.3 Å². The van der Waals surface area contributed by atoms with Crippen molar-refractivity contribution < 1.29 is 13.5 Å². The van der Waals surface area contributed by atoms with Crippen LogP contribution in [0.25, 0.3) is 0 Å². The smallest absolute Gasteiger partial charge is 0.244 e. The van der Waals surface area contributed by atoms with Crippen molar-refractivity contribution in [3.63, 3.8) is 0 Å². The highest BCUT2D eigenvalue weighted by Gasteiger charge is 2.26. The molecule has 19 heavy (non-hydrogen) atoms. The predicted molar refractivity (Wildman–Crippen MR) is 74.5 cm³/mol. The standard InChI is InChI=1S/C12H21N3O3S/c1-10(2)15(7-4-8-16)19(17,18)11-5-6-12(13-3)14-9-11/h5-6,9-10,16H,4,7-8H2,1-3H3,(H,13,14). The molecule has 0 aliphatic rings. The molecule has 0 bridgehead atoms. The molecule has 1 heterocycles. The van der Waals surface area contributed by atoms with Crippen molar-refractivity contribution in [2.24, 2.45) is 0 Å². The molecular formula is C12H21N3O3S. The second-order valence-electron chi connectivity index (χ2n) is 4.42. The minimum absolute atomic E-state index is 0.0321. The van der Waals surface area contributed by atoms with Crippen molar-refractivity contribution in [3.8, 4) is 0 Å². The van der Waals surface area contributed by atoms with E-state index in [1.54, 1.807) is 13.1 Å². The van der Waals surface area contributed by atoms with Crippen LogP contribution < -0.4 is 5.32 Å². The summed E-state index contributed by atoms with van der Waals surface area (Å²) >= 11 is 0. The molecule has 1 rings (SSSR count). The zero-order valence-corrected chi connectivity index (χ0v) is 12.3. The molecule has 0 unspecified atom stereocenters. The second kappa shape index (κ2) is 6.83. The molecule has 0 aliphatic heterocycles. The summed E-state index contributed by atoms with van der Waals surface area (Å²) in [4.78, 5) is 4.18. The summed E-state index contributed by atoms with van der Waals surface area (Å²) in [6, 6.07) is 2.99. The maximum atomic E-state index is 12.5. The first-order valence-electron chi connectivity index (χ1n) is 6.20. The number of aliphatic hydroxyl groups excluding tert-OH is 1. The Balaban J connectivity index is 3.04. The Hall–Kier alpha value is -1.18. The SMILES string of the molecule is CNc1ccc(S(=O)(=O)N(CCCO)C(C)C)cn1. The first-order chi connectivity index (χ1) is 8.93. The molecule has 2 N–H and O–H groups in total. The van der Waals surface area contributed by atoms with E-state index in [9.17, 15) is 8.42 Å². The molecule has 1 aromatic rings. The van der Waals surface area contributed by atoms with Crippen LogP contribution in [0.15, 0.2) is 23.2 Å². The third-order valence-electron chi connectivity index (χ3n) is 2.71. The van der Waals surface area contributed by atoms with Crippen LogP contribution in [0.4, 0.5) is 5.82 Å². The number of nitrogens with one attached hydrogen (secondary N) is 1. The number of rotatable bonds is 7. The highest BCUT2D eigenvalue weighted by Crippen LogP contribution is 2.18. The number of nitrogens with zero attached hydrogens (tertiary/aromatic N) is 2. The van der Waals surface area contributed by atoms with Crippen molar-refractivity contribution in [2.75, 3.05) is 25.5 Å². The molecule has 6 nitrogen and oxygen atoms in total. The summed E-state index contributed by atoms with van der Waals surface area (Å²) in [6.07, 6.45) is 1.76. The van der Waals surface area contributed by atoms with Crippen LogP contribution in [0, 0.1) is 0 Å². The van der Waals surface area contributed by atoms with Crippen LogP contribution in [0.5, 0.6) is 0 Å². The molecule has 0 aliphatic carbocycles. The predicted octanol–water partition coefficient (Wildman–Crippen LogP) is 0.905. The fourth-order valence-corrected chi connectivity index (χ4v) is 3.32. The van der Waals surface area contributed by atoms with E-state index < -0.39 is 10.0 Å². The molecule has 108 valence electrons. The minimum Gasteiger partial charge on any atom is -0.396 e. The zero-order chi connectivity index (χ0) is 14.5. The Labute approximate surface area is 114 Å². The van der Waals surface area contributed by atoms with Gasteiger partial charge in [0.15, 0.2) is 0 Å². The van der Waals surface area contributed by atoms with Crippen LogP contribution in [-0.4, -0.2) is 49.1 Å². The second-order valence-corrected chi connectivity index (χ2v) is 6.31. The number of aliphatic hydroxyl groups is 1. The lowest BCUT2D eigenvalue weighted by atomic mass is 10.3. The number of hydrogen-bond acceptors (Lipinski definition) is 5. The summed E-state index contributed by atoms with van der Waals surface area (Å²) in [5.41, 5.74) is 0. The molecule has 0 saturated heterocycles. The normalized spacial score (nSPS) is 12.1. The lowest BCUT2D eigenvalue weighted by Crippen LogP contribution is -2.38. The molecule has 0 fully saturated rings. The van der Waals surface area contributed by atoms with Crippen molar-refractivity contribution in [3.05, 3.63) is 18.3 Å². The van der Waals surface area contributed by atoms with Gasteiger partial charge in [0.05, 0.1) is 0 Å². The summed E-state index contributed by atoms with van der Waals surface area (Å²) in [6.45, 7) is 3.88. The zero-order valence-electron chi connectivity index (χ0n) is 11.5. The van der Waals surface area contributed by atoms with Crippen molar-refractivity contribution in [2.45, 2.75) is 31.2 Å². The van der Waals surface area contributed by atoms with Gasteiger partial charge in [-0.15, -0.1) is 0 Å². The van der Waals surface area contributed by atoms with E-state index in [-0.39, 0.29) is 17.5 Å². The number of anilines is 1. The number of hydrogen-bond donors (Lipinski definition) is 2. The van der Waals surface area contributed by atoms with Gasteiger partial charge in [-0.3, -0.25) is 0 Å². The van der Waals surface area contributed by atoms with Gasteiger partial charge in [-0.2, -0.15) is 4.31 Å². The van der Waals surface area contributed by atoms with E-state index in [4.69, 9.17) is 5.11 Å². The maximum Gasteiger partial charge on any atom is 0.244 e. The summed E-state index contributed by atoms with van der Waals surface area (Å²) in [7, 11) is -1.85. The molecular weight excluding hydrogens is 266 g/mol. The summed E-state index contributed by atoms with van der Waals surface area (Å²) in [5, 5.41) is 11.7. The highest BCUT2D eigenvalue weighted by atomic mass is 32.2. The van der Waals surface area contributed by atoms with Gasteiger partial charge in [0, 0.05) is 32.4 Å². The lowest BCUT2D eigenvalue weighted by Gasteiger charge is -2.25. The molecule has 0 radical (unpaired) electrons. The summed E-state index contributed by atoms with van der Waals surface area (Å²) in [5.74, 6) is 0.616. The number of sulfonamides is 1. The fourth-order valence-electron chi connectivity index (χ4n) is 1.70. The first-order valence-corrected chi connectivity index (χ1v) is 7.64. The van der Waals surface area contributed by atoms with Crippen LogP contribution in [-0.2, 0) is 10.0 Å². The van der Waals surface area contributed by atoms with Crippen LogP contribution in [0.3, 0.4) is 0 Å². The van der Waals surface area contributed by atoms with E-state index in [1.807, 2.05) is 13.8 Å². The average molecular weight is 287 g/mol. The largest absolute Gasteiger partial charge is 0.396 e.